The number of nitrogens with zero attached hydrogens (tertiary/aromatic N) is 3. The normalized spacial score (nSPS) is 11.4. The van der Waals surface area contributed by atoms with Crippen molar-refractivity contribution >= 4 is 28.5 Å². The molecule has 0 bridgehead atoms. The molecule has 1 N–H and O–H groups in total. The summed E-state index contributed by atoms with van der Waals surface area (Å²) >= 11 is 0.924. The average molecular weight is 407 g/mol. The molecule has 0 spiro atoms. The van der Waals surface area contributed by atoms with Gasteiger partial charge in [0.1, 0.15) is 16.4 Å². The maximum absolute atomic E-state index is 12.6. The lowest BCUT2D eigenvalue weighted by Gasteiger charge is -2.12. The number of carbonyl (C=O) groups excluding carboxylic acids is 1. The fraction of sp³-hybridized carbons (Fsp3) is 0.333. The third-order valence-corrected chi connectivity index (χ3v) is 4.73. The predicted molar refractivity (Wildman–Crippen MR) is 107 cm³/mol. The van der Waals surface area contributed by atoms with Crippen LogP contribution in [-0.2, 0) is 23.6 Å². The van der Waals surface area contributed by atoms with E-state index in [0.717, 1.165) is 20.9 Å². The summed E-state index contributed by atoms with van der Waals surface area (Å²) in [5.41, 5.74) is -1.09. The quantitative estimate of drug-likeness (QED) is 0.435. The van der Waals surface area contributed by atoms with Gasteiger partial charge < -0.3 is 14.6 Å². The first-order chi connectivity index (χ1) is 13.3. The van der Waals surface area contributed by atoms with Crippen LogP contribution in [-0.4, -0.2) is 44.7 Å². The number of aromatic hydroxyl groups is 1. The second-order valence-electron chi connectivity index (χ2n) is 5.61. The molecule has 9 nitrogen and oxygen atoms in total. The lowest BCUT2D eigenvalue weighted by Crippen LogP contribution is -2.39. The molecule has 1 heterocycles. The maximum Gasteiger partial charge on any atom is 0.333 e. The Balaban J connectivity index is 2.59. The van der Waals surface area contributed by atoms with Gasteiger partial charge in [0.05, 0.1) is 25.2 Å². The second kappa shape index (κ2) is 9.27. The van der Waals surface area contributed by atoms with Gasteiger partial charge in [0.15, 0.2) is 0 Å². The van der Waals surface area contributed by atoms with Crippen LogP contribution in [0.4, 0.5) is 5.69 Å². The Bertz CT molecular complexity index is 1010. The zero-order valence-corrected chi connectivity index (χ0v) is 16.8. The number of hydrogen-bond donors (Lipinski definition) is 1. The molecule has 0 saturated carbocycles. The highest BCUT2D eigenvalue weighted by Gasteiger charge is 2.21. The van der Waals surface area contributed by atoms with E-state index in [0.29, 0.717) is 18.0 Å². The van der Waals surface area contributed by atoms with E-state index in [4.69, 9.17) is 4.74 Å². The first-order valence-corrected chi connectivity index (χ1v) is 9.29. The number of hydrogen-bond acceptors (Lipinski definition) is 8. The number of thioether (sulfide) groups is 1. The van der Waals surface area contributed by atoms with E-state index in [-0.39, 0.29) is 16.4 Å². The molecule has 0 aliphatic heterocycles. The van der Waals surface area contributed by atoms with Crippen LogP contribution in [0.5, 0.6) is 11.6 Å². The molecule has 0 fully saturated rings. The van der Waals surface area contributed by atoms with Crippen LogP contribution in [0.25, 0.3) is 0 Å². The number of rotatable bonds is 6. The number of aromatic nitrogens is 2. The molecule has 2 rings (SSSR count). The van der Waals surface area contributed by atoms with Gasteiger partial charge in [-0.15, -0.1) is 0 Å². The highest BCUT2D eigenvalue weighted by Crippen LogP contribution is 2.24. The van der Waals surface area contributed by atoms with Crippen molar-refractivity contribution in [2.45, 2.75) is 6.92 Å². The predicted octanol–water partition coefficient (Wildman–Crippen LogP) is 1.17. The van der Waals surface area contributed by atoms with Crippen molar-refractivity contribution in [1.82, 2.24) is 9.13 Å². The van der Waals surface area contributed by atoms with E-state index in [1.807, 2.05) is 6.92 Å². The summed E-state index contributed by atoms with van der Waals surface area (Å²) < 4.78 is 11.8. The summed E-state index contributed by atoms with van der Waals surface area (Å²) in [4.78, 5) is 40.5. The Morgan fingerprint density at radius 3 is 2.39 bits per heavy atom. The monoisotopic (exact) mass is 407 g/mol. The van der Waals surface area contributed by atoms with Gasteiger partial charge in [-0.05, 0) is 31.2 Å². The Hall–Kier alpha value is -3.01. The van der Waals surface area contributed by atoms with Gasteiger partial charge in [-0.25, -0.2) is 9.79 Å². The van der Waals surface area contributed by atoms with Crippen LogP contribution < -0.4 is 16.0 Å². The summed E-state index contributed by atoms with van der Waals surface area (Å²) in [6.07, 6.45) is 0. The van der Waals surface area contributed by atoms with Crippen LogP contribution in [0.3, 0.4) is 0 Å². The summed E-state index contributed by atoms with van der Waals surface area (Å²) in [6.45, 7) is 2.39. The molecule has 0 aliphatic carbocycles. The molecule has 0 saturated heterocycles. The molecule has 10 heteroatoms. The smallest absolute Gasteiger partial charge is 0.333 e. The number of esters is 1. The Kier molecular flexibility index (Phi) is 7.05. The van der Waals surface area contributed by atoms with Crippen molar-refractivity contribution < 1.29 is 19.4 Å². The number of methoxy groups -OCH3 is 1. The first-order valence-electron chi connectivity index (χ1n) is 8.30. The van der Waals surface area contributed by atoms with E-state index in [9.17, 15) is 19.5 Å². The van der Waals surface area contributed by atoms with Crippen molar-refractivity contribution in [1.29, 1.82) is 0 Å². The topological polar surface area (TPSA) is 112 Å². The number of aliphatic imine (C=N–C) groups is 1. The second-order valence-corrected chi connectivity index (χ2v) is 6.58. The molecular formula is C18H21N3O6S. The van der Waals surface area contributed by atoms with Crippen LogP contribution in [0.15, 0.2) is 38.8 Å². The van der Waals surface area contributed by atoms with Crippen LogP contribution in [0.2, 0.25) is 0 Å². The largest absolute Gasteiger partial charge is 0.494 e. The lowest BCUT2D eigenvalue weighted by atomic mass is 10.3. The van der Waals surface area contributed by atoms with Crippen molar-refractivity contribution in [3.05, 3.63) is 50.7 Å². The minimum Gasteiger partial charge on any atom is -0.494 e. The Labute approximate surface area is 165 Å². The summed E-state index contributed by atoms with van der Waals surface area (Å²) in [5.74, 6) is -0.524. The summed E-state index contributed by atoms with van der Waals surface area (Å²) in [6, 6.07) is 6.77. The Morgan fingerprint density at radius 2 is 1.82 bits per heavy atom. The van der Waals surface area contributed by atoms with Gasteiger partial charge in [-0.1, -0.05) is 11.8 Å². The molecule has 1 aromatic heterocycles. The van der Waals surface area contributed by atoms with Crippen molar-refractivity contribution in [3.63, 3.8) is 0 Å². The minimum atomic E-state index is -0.720. The molecule has 0 radical (unpaired) electrons. The number of carbonyl (C=O) groups is 1. The fourth-order valence-corrected chi connectivity index (χ4v) is 3.13. The van der Waals surface area contributed by atoms with E-state index in [1.54, 1.807) is 24.3 Å². The van der Waals surface area contributed by atoms with Gasteiger partial charge in [0.25, 0.3) is 5.56 Å². The molecule has 0 unspecified atom stereocenters. The first kappa shape index (κ1) is 21.3. The molecule has 0 amide bonds. The lowest BCUT2D eigenvalue weighted by molar-refractivity contribution is -0.137. The van der Waals surface area contributed by atoms with Crippen molar-refractivity contribution in [3.8, 4) is 11.6 Å². The third-order valence-electron chi connectivity index (χ3n) is 3.78. The highest BCUT2D eigenvalue weighted by molar-refractivity contribution is 8.15. The zero-order chi connectivity index (χ0) is 20.8. The van der Waals surface area contributed by atoms with E-state index < -0.39 is 23.1 Å². The van der Waals surface area contributed by atoms with Gasteiger partial charge in [-0.3, -0.25) is 18.7 Å². The molecule has 0 aliphatic rings. The molecule has 1 aromatic carbocycles. The third kappa shape index (κ3) is 4.63. The number of ether oxygens (including phenoxy) is 2. The van der Waals surface area contributed by atoms with Crippen molar-refractivity contribution in [2.75, 3.05) is 19.5 Å². The van der Waals surface area contributed by atoms with Crippen LogP contribution in [0.1, 0.15) is 12.5 Å². The van der Waals surface area contributed by atoms with E-state index >= 15 is 0 Å². The maximum atomic E-state index is 12.6. The molecular weight excluding hydrogens is 386 g/mol. The zero-order valence-electron chi connectivity index (χ0n) is 16.0. The van der Waals surface area contributed by atoms with E-state index in [1.165, 1.54) is 21.2 Å². The molecule has 0 atom stereocenters. The van der Waals surface area contributed by atoms with Crippen molar-refractivity contribution in [2.24, 2.45) is 19.1 Å². The number of benzene rings is 1. The average Bonchev–Trinajstić information content (AvgIpc) is 2.70. The minimum absolute atomic E-state index is 0.0864. The standard InChI is InChI=1S/C18H21N3O6S/c1-5-27-12-8-6-11(7-9-12)19-15(28-10-13(22)26-4)14-16(23)20(2)18(25)21(3)17(14)24/h6-9,23H,5,10H2,1-4H3. The van der Waals surface area contributed by atoms with E-state index in [2.05, 4.69) is 9.73 Å². The Morgan fingerprint density at radius 1 is 1.18 bits per heavy atom. The summed E-state index contributed by atoms with van der Waals surface area (Å²) in [7, 11) is 3.88. The van der Waals surface area contributed by atoms with Gasteiger partial charge in [-0.2, -0.15) is 0 Å². The van der Waals surface area contributed by atoms with Crippen LogP contribution >= 0.6 is 11.8 Å². The SMILES string of the molecule is CCOc1ccc(N=C(SCC(=O)OC)c2c(O)n(C)c(=O)n(C)c2=O)cc1. The van der Waals surface area contributed by atoms with Gasteiger partial charge in [0.2, 0.25) is 5.88 Å². The molecule has 150 valence electrons. The van der Waals surface area contributed by atoms with Gasteiger partial charge >= 0.3 is 11.7 Å². The highest BCUT2D eigenvalue weighted by atomic mass is 32.2. The molecule has 28 heavy (non-hydrogen) atoms. The van der Waals surface area contributed by atoms with Gasteiger partial charge in [0, 0.05) is 14.1 Å². The molecule has 2 aromatic rings. The van der Waals surface area contributed by atoms with Crippen LogP contribution in [0, 0.1) is 0 Å². The fourth-order valence-electron chi connectivity index (χ4n) is 2.27. The summed E-state index contributed by atoms with van der Waals surface area (Å²) in [5, 5.41) is 10.5.